The van der Waals surface area contributed by atoms with Crippen LogP contribution >= 0.6 is 11.6 Å². The van der Waals surface area contributed by atoms with Crippen molar-refractivity contribution in [1.82, 2.24) is 10.4 Å². The molecule has 0 radical (unpaired) electrons. The second-order valence-corrected chi connectivity index (χ2v) is 7.01. The standard InChI is InChI=1S/C24H18ClN3O/c1-16-8-2-3-9-17(16)15-26-28-24(29)20-14-23(19-11-4-6-12-21(19)25)27-22-13-7-5-10-18(20)22/h2-15H,1H3,(H,28,29)/b26-15-. The number of pyridine rings is 1. The number of hydrazone groups is 1. The summed E-state index contributed by atoms with van der Waals surface area (Å²) in [5, 5.41) is 5.47. The van der Waals surface area contributed by atoms with E-state index in [4.69, 9.17) is 11.6 Å². The molecule has 1 amide bonds. The van der Waals surface area contributed by atoms with Gasteiger partial charge in [-0.1, -0.05) is 72.3 Å². The normalized spacial score (nSPS) is 11.1. The maximum Gasteiger partial charge on any atom is 0.272 e. The van der Waals surface area contributed by atoms with Crippen molar-refractivity contribution in [3.8, 4) is 11.3 Å². The van der Waals surface area contributed by atoms with E-state index in [1.807, 2.05) is 73.7 Å². The van der Waals surface area contributed by atoms with E-state index in [2.05, 4.69) is 15.5 Å². The zero-order chi connectivity index (χ0) is 20.2. The Balaban J connectivity index is 1.71. The van der Waals surface area contributed by atoms with Crippen molar-refractivity contribution in [2.75, 3.05) is 0 Å². The van der Waals surface area contributed by atoms with Gasteiger partial charge in [-0.2, -0.15) is 5.10 Å². The number of carbonyl (C=O) groups is 1. The van der Waals surface area contributed by atoms with Crippen molar-refractivity contribution in [2.45, 2.75) is 6.92 Å². The minimum Gasteiger partial charge on any atom is -0.267 e. The minimum atomic E-state index is -0.304. The number of benzene rings is 3. The van der Waals surface area contributed by atoms with Crippen LogP contribution in [0.2, 0.25) is 5.02 Å². The lowest BCUT2D eigenvalue weighted by Crippen LogP contribution is -2.18. The van der Waals surface area contributed by atoms with Crippen LogP contribution in [0, 0.1) is 6.92 Å². The first-order valence-corrected chi connectivity index (χ1v) is 9.55. The molecular formula is C24H18ClN3O. The second kappa shape index (κ2) is 8.25. The SMILES string of the molecule is Cc1ccccc1/C=N\NC(=O)c1cc(-c2ccccc2Cl)nc2ccccc12. The van der Waals surface area contributed by atoms with Gasteiger partial charge in [-0.25, -0.2) is 10.4 Å². The molecule has 142 valence electrons. The number of fused-ring (bicyclic) bond motifs is 1. The highest BCUT2D eigenvalue weighted by molar-refractivity contribution is 6.33. The summed E-state index contributed by atoms with van der Waals surface area (Å²) in [7, 11) is 0. The quantitative estimate of drug-likeness (QED) is 0.357. The average molecular weight is 400 g/mol. The molecule has 3 aromatic carbocycles. The summed E-state index contributed by atoms with van der Waals surface area (Å²) in [5.41, 5.74) is 7.29. The number of nitrogens with one attached hydrogen (secondary N) is 1. The molecule has 0 saturated carbocycles. The lowest BCUT2D eigenvalue weighted by molar-refractivity contribution is 0.0956. The number of rotatable bonds is 4. The summed E-state index contributed by atoms with van der Waals surface area (Å²) in [5.74, 6) is -0.304. The molecule has 1 heterocycles. The topological polar surface area (TPSA) is 54.4 Å². The highest BCUT2D eigenvalue weighted by Gasteiger charge is 2.14. The molecule has 0 aliphatic carbocycles. The van der Waals surface area contributed by atoms with Crippen LogP contribution in [0.5, 0.6) is 0 Å². The molecule has 0 atom stereocenters. The second-order valence-electron chi connectivity index (χ2n) is 6.61. The Hall–Kier alpha value is -3.50. The maximum absolute atomic E-state index is 12.9. The number of amides is 1. The van der Waals surface area contributed by atoms with Crippen molar-refractivity contribution >= 4 is 34.6 Å². The van der Waals surface area contributed by atoms with Crippen LogP contribution in [0.25, 0.3) is 22.2 Å². The Morgan fingerprint density at radius 3 is 2.55 bits per heavy atom. The van der Waals surface area contributed by atoms with Gasteiger partial charge in [-0.15, -0.1) is 0 Å². The molecule has 1 N–H and O–H groups in total. The van der Waals surface area contributed by atoms with Gasteiger partial charge in [-0.05, 0) is 36.2 Å². The van der Waals surface area contributed by atoms with Crippen molar-refractivity contribution in [3.63, 3.8) is 0 Å². The predicted molar refractivity (Wildman–Crippen MR) is 118 cm³/mol. The van der Waals surface area contributed by atoms with E-state index in [1.54, 1.807) is 18.3 Å². The summed E-state index contributed by atoms with van der Waals surface area (Å²) in [4.78, 5) is 17.6. The molecule has 0 spiro atoms. The molecule has 0 fully saturated rings. The van der Waals surface area contributed by atoms with Crippen LogP contribution in [-0.2, 0) is 0 Å². The number of aryl methyl sites for hydroxylation is 1. The number of para-hydroxylation sites is 1. The average Bonchev–Trinajstić information content (AvgIpc) is 2.74. The first-order valence-electron chi connectivity index (χ1n) is 9.17. The number of halogens is 1. The van der Waals surface area contributed by atoms with E-state index in [0.29, 0.717) is 16.3 Å². The Morgan fingerprint density at radius 2 is 1.72 bits per heavy atom. The molecule has 1 aromatic heterocycles. The monoisotopic (exact) mass is 399 g/mol. The summed E-state index contributed by atoms with van der Waals surface area (Å²) in [6.45, 7) is 2.00. The Labute approximate surface area is 173 Å². The van der Waals surface area contributed by atoms with Gasteiger partial charge in [-0.3, -0.25) is 4.79 Å². The number of carbonyl (C=O) groups excluding carboxylic acids is 1. The van der Waals surface area contributed by atoms with Gasteiger partial charge in [0.1, 0.15) is 0 Å². The number of aromatic nitrogens is 1. The third-order valence-corrected chi connectivity index (χ3v) is 5.00. The molecule has 0 bridgehead atoms. The molecular weight excluding hydrogens is 382 g/mol. The maximum atomic E-state index is 12.9. The highest BCUT2D eigenvalue weighted by atomic mass is 35.5. The van der Waals surface area contributed by atoms with Gasteiger partial charge < -0.3 is 0 Å². The van der Waals surface area contributed by atoms with Crippen LogP contribution in [0.3, 0.4) is 0 Å². The lowest BCUT2D eigenvalue weighted by atomic mass is 10.0. The molecule has 0 unspecified atom stereocenters. The minimum absolute atomic E-state index is 0.304. The molecule has 4 rings (SSSR count). The fourth-order valence-electron chi connectivity index (χ4n) is 3.12. The van der Waals surface area contributed by atoms with Gasteiger partial charge in [0.25, 0.3) is 5.91 Å². The summed E-state index contributed by atoms with van der Waals surface area (Å²) in [6, 6.07) is 24.6. The lowest BCUT2D eigenvalue weighted by Gasteiger charge is -2.10. The van der Waals surface area contributed by atoms with Crippen LogP contribution < -0.4 is 5.43 Å². The molecule has 4 aromatic rings. The van der Waals surface area contributed by atoms with E-state index < -0.39 is 0 Å². The van der Waals surface area contributed by atoms with Crippen molar-refractivity contribution in [2.24, 2.45) is 5.10 Å². The third kappa shape index (κ3) is 4.03. The number of hydrogen-bond donors (Lipinski definition) is 1. The fourth-order valence-corrected chi connectivity index (χ4v) is 3.36. The van der Waals surface area contributed by atoms with Gasteiger partial charge in [0.15, 0.2) is 0 Å². The highest BCUT2D eigenvalue weighted by Crippen LogP contribution is 2.29. The summed E-state index contributed by atoms with van der Waals surface area (Å²) >= 11 is 6.34. The van der Waals surface area contributed by atoms with E-state index in [-0.39, 0.29) is 5.91 Å². The smallest absolute Gasteiger partial charge is 0.267 e. The molecule has 4 nitrogen and oxygen atoms in total. The molecule has 0 saturated heterocycles. The van der Waals surface area contributed by atoms with Crippen molar-refractivity contribution in [3.05, 3.63) is 101 Å². The predicted octanol–water partition coefficient (Wildman–Crippen LogP) is 5.63. The zero-order valence-electron chi connectivity index (χ0n) is 15.8. The van der Waals surface area contributed by atoms with Gasteiger partial charge in [0, 0.05) is 16.0 Å². The summed E-state index contributed by atoms with van der Waals surface area (Å²) < 4.78 is 0. The van der Waals surface area contributed by atoms with E-state index in [0.717, 1.165) is 27.6 Å². The Kier molecular flexibility index (Phi) is 5.36. The van der Waals surface area contributed by atoms with Crippen LogP contribution in [0.1, 0.15) is 21.5 Å². The molecule has 29 heavy (non-hydrogen) atoms. The largest absolute Gasteiger partial charge is 0.272 e. The van der Waals surface area contributed by atoms with Crippen LogP contribution in [-0.4, -0.2) is 17.1 Å². The van der Waals surface area contributed by atoms with Crippen molar-refractivity contribution in [1.29, 1.82) is 0 Å². The third-order valence-electron chi connectivity index (χ3n) is 4.67. The first-order chi connectivity index (χ1) is 14.1. The van der Waals surface area contributed by atoms with Crippen molar-refractivity contribution < 1.29 is 4.79 Å². The van der Waals surface area contributed by atoms with Crippen LogP contribution in [0.4, 0.5) is 0 Å². The fraction of sp³-hybridized carbons (Fsp3) is 0.0417. The Bertz CT molecular complexity index is 1230. The van der Waals surface area contributed by atoms with E-state index >= 15 is 0 Å². The number of nitrogens with zero attached hydrogens (tertiary/aromatic N) is 2. The van der Waals surface area contributed by atoms with E-state index in [1.165, 1.54) is 0 Å². The van der Waals surface area contributed by atoms with Crippen LogP contribution in [0.15, 0.2) is 84.0 Å². The number of hydrogen-bond acceptors (Lipinski definition) is 3. The molecule has 5 heteroatoms. The van der Waals surface area contributed by atoms with E-state index in [9.17, 15) is 4.79 Å². The molecule has 0 aliphatic heterocycles. The Morgan fingerprint density at radius 1 is 1.00 bits per heavy atom. The first kappa shape index (κ1) is 18.8. The van der Waals surface area contributed by atoms with Gasteiger partial charge in [0.2, 0.25) is 0 Å². The van der Waals surface area contributed by atoms with Gasteiger partial charge >= 0.3 is 0 Å². The summed E-state index contributed by atoms with van der Waals surface area (Å²) in [6.07, 6.45) is 1.64. The zero-order valence-corrected chi connectivity index (χ0v) is 16.5. The molecule has 0 aliphatic rings. The van der Waals surface area contributed by atoms with Gasteiger partial charge in [0.05, 0.1) is 23.0 Å².